The molecule has 17 heavy (non-hydrogen) atoms. The summed E-state index contributed by atoms with van der Waals surface area (Å²) in [5.41, 5.74) is 0. The van der Waals surface area contributed by atoms with Gasteiger partial charge in [0, 0.05) is 27.1 Å². The minimum absolute atomic E-state index is 0.528. The minimum Gasteiger partial charge on any atom is -0.398 e. The summed E-state index contributed by atoms with van der Waals surface area (Å²) in [5, 5.41) is 0. The van der Waals surface area contributed by atoms with Crippen LogP contribution >= 0.6 is 0 Å². The zero-order valence-corrected chi connectivity index (χ0v) is 10.4. The smallest absolute Gasteiger partial charge is 0.389 e. The number of rotatable bonds is 6. The Balaban J connectivity index is 4.46. The highest BCUT2D eigenvalue weighted by atomic mass is 28.4. The number of hydrogen-bond acceptors (Lipinski definition) is 2. The molecule has 2 nitrogen and oxygen atoms in total. The molecule has 0 aliphatic heterocycles. The van der Waals surface area contributed by atoms with Crippen LogP contribution in [0, 0.1) is 0 Å². The highest BCUT2D eigenvalue weighted by Crippen LogP contribution is 2.32. The average Bonchev–Trinajstić information content (AvgIpc) is 2.16. The van der Waals surface area contributed by atoms with Gasteiger partial charge in [-0.15, -0.1) is 0 Å². The summed E-state index contributed by atoms with van der Waals surface area (Å²) in [6.07, 6.45) is -11.2. The third-order valence-electron chi connectivity index (χ3n) is 2.32. The Morgan fingerprint density at radius 1 is 0.765 bits per heavy atom. The Morgan fingerprint density at radius 2 is 1.06 bits per heavy atom. The quantitative estimate of drug-likeness (QED) is 0.548. The van der Waals surface area contributed by atoms with E-state index in [2.05, 4.69) is 0 Å². The highest BCUT2D eigenvalue weighted by molar-refractivity contribution is 6.67. The molecule has 0 N–H and O–H groups in total. The average molecular weight is 284 g/mol. The number of alkyl halides is 6. The Bertz CT molecular complexity index is 203. The first-order chi connectivity index (χ1) is 7.54. The third kappa shape index (κ3) is 7.61. The van der Waals surface area contributed by atoms with Crippen LogP contribution in [0.3, 0.4) is 0 Å². The van der Waals surface area contributed by atoms with E-state index >= 15 is 0 Å². The molecule has 0 aliphatic rings. The standard InChI is InChI=1S/C8H14F6O2Si/c1-15-17(16-2,5-3-7(9,10)11)6-4-8(12,13)14/h3-6H2,1-2H3. The predicted molar refractivity (Wildman–Crippen MR) is 50.7 cm³/mol. The monoisotopic (exact) mass is 284 g/mol. The Morgan fingerprint density at radius 3 is 1.24 bits per heavy atom. The normalized spacial score (nSPS) is 14.1. The third-order valence-corrected chi connectivity index (χ3v) is 5.83. The van der Waals surface area contributed by atoms with Gasteiger partial charge < -0.3 is 8.85 Å². The second-order valence-corrected chi connectivity index (χ2v) is 7.19. The van der Waals surface area contributed by atoms with E-state index in [0.29, 0.717) is 0 Å². The lowest BCUT2D eigenvalue weighted by Gasteiger charge is -2.28. The summed E-state index contributed by atoms with van der Waals surface area (Å²) < 4.78 is 81.7. The highest BCUT2D eigenvalue weighted by Gasteiger charge is 2.43. The lowest BCUT2D eigenvalue weighted by atomic mass is 10.5. The minimum atomic E-state index is -4.42. The molecule has 104 valence electrons. The largest absolute Gasteiger partial charge is 0.398 e. The molecule has 0 fully saturated rings. The van der Waals surface area contributed by atoms with Crippen molar-refractivity contribution in [2.24, 2.45) is 0 Å². The lowest BCUT2D eigenvalue weighted by Crippen LogP contribution is -2.41. The molecule has 0 bridgehead atoms. The molecule has 0 radical (unpaired) electrons. The van der Waals surface area contributed by atoms with Gasteiger partial charge in [0.05, 0.1) is 0 Å². The zero-order valence-electron chi connectivity index (χ0n) is 9.41. The first kappa shape index (κ1) is 16.7. The van der Waals surface area contributed by atoms with Crippen LogP contribution in [-0.2, 0) is 8.85 Å². The molecule has 0 amide bonds. The van der Waals surface area contributed by atoms with Gasteiger partial charge in [0.15, 0.2) is 0 Å². The van der Waals surface area contributed by atoms with Crippen LogP contribution in [0.4, 0.5) is 26.3 Å². The molecule has 0 saturated carbocycles. The van der Waals surface area contributed by atoms with E-state index in [-0.39, 0.29) is 0 Å². The summed E-state index contributed by atoms with van der Waals surface area (Å²) in [6.45, 7) is 0. The summed E-state index contributed by atoms with van der Waals surface area (Å²) >= 11 is 0. The van der Waals surface area contributed by atoms with E-state index in [4.69, 9.17) is 8.85 Å². The SMILES string of the molecule is CO[Si](CCC(F)(F)F)(CCC(F)(F)F)OC. The van der Waals surface area contributed by atoms with Crippen LogP contribution in [0.5, 0.6) is 0 Å². The van der Waals surface area contributed by atoms with Crippen molar-refractivity contribution in [3.05, 3.63) is 0 Å². The lowest BCUT2D eigenvalue weighted by molar-refractivity contribution is -0.133. The van der Waals surface area contributed by atoms with Gasteiger partial charge in [0.1, 0.15) is 0 Å². The molecule has 0 rings (SSSR count). The van der Waals surface area contributed by atoms with Crippen molar-refractivity contribution in [2.45, 2.75) is 37.3 Å². The second-order valence-electron chi connectivity index (χ2n) is 3.55. The first-order valence-corrected chi connectivity index (χ1v) is 7.00. The van der Waals surface area contributed by atoms with E-state index in [1.165, 1.54) is 0 Å². The first-order valence-electron chi connectivity index (χ1n) is 4.77. The Labute approximate surface area is 96.1 Å². The van der Waals surface area contributed by atoms with E-state index in [9.17, 15) is 26.3 Å². The molecule has 0 aliphatic carbocycles. The van der Waals surface area contributed by atoms with Gasteiger partial charge in [-0.2, -0.15) is 26.3 Å². The van der Waals surface area contributed by atoms with E-state index < -0.39 is 45.8 Å². The van der Waals surface area contributed by atoms with Crippen molar-refractivity contribution in [2.75, 3.05) is 14.2 Å². The number of halogens is 6. The van der Waals surface area contributed by atoms with Gasteiger partial charge in [-0.25, -0.2) is 0 Å². The molecule has 0 spiro atoms. The number of hydrogen-bond donors (Lipinski definition) is 0. The molecule has 0 unspecified atom stereocenters. The summed E-state index contributed by atoms with van der Waals surface area (Å²) in [6, 6.07) is -1.06. The summed E-state index contributed by atoms with van der Waals surface area (Å²) in [5.74, 6) is 0. The molecule has 0 aromatic carbocycles. The van der Waals surface area contributed by atoms with Crippen LogP contribution in [0.1, 0.15) is 12.8 Å². The van der Waals surface area contributed by atoms with E-state index in [0.717, 1.165) is 14.2 Å². The van der Waals surface area contributed by atoms with Gasteiger partial charge in [-0.1, -0.05) is 0 Å². The molecular formula is C8H14F6O2Si. The second kappa shape index (κ2) is 6.05. The van der Waals surface area contributed by atoms with Crippen LogP contribution < -0.4 is 0 Å². The van der Waals surface area contributed by atoms with Crippen LogP contribution in [0.15, 0.2) is 0 Å². The van der Waals surface area contributed by atoms with Crippen molar-refractivity contribution in [3.63, 3.8) is 0 Å². The molecule has 0 aromatic heterocycles. The predicted octanol–water partition coefficient (Wildman–Crippen LogP) is 3.63. The molecule has 9 heteroatoms. The topological polar surface area (TPSA) is 18.5 Å². The molecule has 0 aromatic rings. The fourth-order valence-electron chi connectivity index (χ4n) is 1.28. The molecule has 0 atom stereocenters. The fourth-order valence-corrected chi connectivity index (χ4v) is 3.84. The van der Waals surface area contributed by atoms with Gasteiger partial charge in [0.2, 0.25) is 0 Å². The maximum absolute atomic E-state index is 12.0. The van der Waals surface area contributed by atoms with Gasteiger partial charge >= 0.3 is 20.9 Å². The molecule has 0 heterocycles. The van der Waals surface area contributed by atoms with Gasteiger partial charge in [0.25, 0.3) is 0 Å². The van der Waals surface area contributed by atoms with Crippen molar-refractivity contribution in [3.8, 4) is 0 Å². The Kier molecular flexibility index (Phi) is 5.95. The molecule has 0 saturated heterocycles. The maximum Gasteiger partial charge on any atom is 0.389 e. The summed E-state index contributed by atoms with van der Waals surface area (Å²) in [4.78, 5) is 0. The van der Waals surface area contributed by atoms with Crippen LogP contribution in [0.2, 0.25) is 12.1 Å². The zero-order chi connectivity index (χ0) is 13.7. The van der Waals surface area contributed by atoms with Crippen LogP contribution in [0.25, 0.3) is 0 Å². The van der Waals surface area contributed by atoms with Crippen molar-refractivity contribution in [1.29, 1.82) is 0 Å². The van der Waals surface area contributed by atoms with Gasteiger partial charge in [-0.05, 0) is 12.1 Å². The molecular weight excluding hydrogens is 270 g/mol. The van der Waals surface area contributed by atoms with Gasteiger partial charge in [-0.3, -0.25) is 0 Å². The van der Waals surface area contributed by atoms with Crippen LogP contribution in [-0.4, -0.2) is 35.1 Å². The van der Waals surface area contributed by atoms with E-state index in [1.54, 1.807) is 0 Å². The van der Waals surface area contributed by atoms with Crippen molar-refractivity contribution in [1.82, 2.24) is 0 Å². The van der Waals surface area contributed by atoms with E-state index in [1.807, 2.05) is 0 Å². The van der Waals surface area contributed by atoms with Crippen molar-refractivity contribution >= 4 is 8.56 Å². The fraction of sp³-hybridized carbons (Fsp3) is 1.00. The maximum atomic E-state index is 12.0. The Hall–Kier alpha value is -0.283. The van der Waals surface area contributed by atoms with Crippen molar-refractivity contribution < 1.29 is 35.2 Å². The summed E-state index contributed by atoms with van der Waals surface area (Å²) in [7, 11) is -1.23.